The Bertz CT molecular complexity index is 1290. The first kappa shape index (κ1) is 23.4. The van der Waals surface area contributed by atoms with Crippen molar-refractivity contribution in [2.75, 3.05) is 10.6 Å². The lowest BCUT2D eigenvalue weighted by atomic mass is 10.2. The van der Waals surface area contributed by atoms with Gasteiger partial charge in [0.05, 0.1) is 4.92 Å². The van der Waals surface area contributed by atoms with Crippen molar-refractivity contribution in [1.29, 1.82) is 0 Å². The van der Waals surface area contributed by atoms with E-state index in [9.17, 15) is 28.1 Å². The van der Waals surface area contributed by atoms with Gasteiger partial charge in [0.15, 0.2) is 0 Å². The Hall–Kier alpha value is -4.25. The van der Waals surface area contributed by atoms with Crippen LogP contribution >= 0.6 is 0 Å². The maximum Gasteiger partial charge on any atom is 0.339 e. The number of non-ortho nitro benzene ring substituents is 1. The number of hydrogen-bond donors (Lipinski definition) is 2. The zero-order chi connectivity index (χ0) is 24.0. The van der Waals surface area contributed by atoms with Crippen LogP contribution in [0.3, 0.4) is 0 Å². The van der Waals surface area contributed by atoms with Crippen molar-refractivity contribution >= 4 is 39.0 Å². The average Bonchev–Trinajstić information content (AvgIpc) is 2.80. The Morgan fingerprint density at radius 3 is 2.12 bits per heavy atom. The fraction of sp³-hybridized carbons (Fsp3) is 0.0909. The molecule has 0 radical (unpaired) electrons. The number of carbonyl (C=O) groups is 2. The van der Waals surface area contributed by atoms with Crippen molar-refractivity contribution in [3.05, 3.63) is 88.5 Å². The molecule has 2 N–H and O–H groups in total. The molecular formula is C22H19N3O7S. The van der Waals surface area contributed by atoms with E-state index >= 15 is 0 Å². The van der Waals surface area contributed by atoms with Gasteiger partial charge in [-0.2, -0.15) is 8.42 Å². The number of nitro groups is 1. The van der Waals surface area contributed by atoms with Crippen LogP contribution in [0.25, 0.3) is 0 Å². The fourth-order valence-electron chi connectivity index (χ4n) is 2.68. The van der Waals surface area contributed by atoms with Gasteiger partial charge in [0.2, 0.25) is 5.91 Å². The second-order valence-electron chi connectivity index (χ2n) is 6.75. The zero-order valence-corrected chi connectivity index (χ0v) is 18.2. The Kier molecular flexibility index (Phi) is 7.04. The van der Waals surface area contributed by atoms with Gasteiger partial charge in [-0.3, -0.25) is 19.7 Å². The molecule has 0 fully saturated rings. The number of rotatable bonds is 8. The zero-order valence-electron chi connectivity index (χ0n) is 17.3. The van der Waals surface area contributed by atoms with E-state index in [1.165, 1.54) is 42.5 Å². The highest BCUT2D eigenvalue weighted by Gasteiger charge is 2.20. The van der Waals surface area contributed by atoms with Gasteiger partial charge in [0, 0.05) is 35.5 Å². The molecular weight excluding hydrogens is 450 g/mol. The van der Waals surface area contributed by atoms with Crippen molar-refractivity contribution in [2.45, 2.75) is 18.2 Å². The second-order valence-corrected chi connectivity index (χ2v) is 8.30. The molecule has 0 spiro atoms. The lowest BCUT2D eigenvalue weighted by Crippen LogP contribution is -2.13. The van der Waals surface area contributed by atoms with E-state index in [1.807, 2.05) is 0 Å². The summed E-state index contributed by atoms with van der Waals surface area (Å²) in [6.07, 6.45) is 0.352. The van der Waals surface area contributed by atoms with Gasteiger partial charge >= 0.3 is 10.1 Å². The van der Waals surface area contributed by atoms with Gasteiger partial charge in [0.25, 0.3) is 11.6 Å². The molecule has 2 amide bonds. The number of carbonyl (C=O) groups excluding carboxylic acids is 2. The summed E-state index contributed by atoms with van der Waals surface area (Å²) >= 11 is 0. The number of anilines is 2. The summed E-state index contributed by atoms with van der Waals surface area (Å²) in [4.78, 5) is 33.6. The van der Waals surface area contributed by atoms with Crippen LogP contribution in [0.1, 0.15) is 23.7 Å². The summed E-state index contributed by atoms with van der Waals surface area (Å²) < 4.78 is 29.8. The van der Waals surface area contributed by atoms with Gasteiger partial charge in [-0.25, -0.2) is 0 Å². The second kappa shape index (κ2) is 9.92. The normalized spacial score (nSPS) is 10.8. The summed E-state index contributed by atoms with van der Waals surface area (Å²) in [6, 6.07) is 16.4. The first-order chi connectivity index (χ1) is 15.7. The highest BCUT2D eigenvalue weighted by atomic mass is 32.2. The molecule has 3 aromatic rings. The van der Waals surface area contributed by atoms with Gasteiger partial charge in [-0.1, -0.05) is 13.0 Å². The molecule has 0 aliphatic carbocycles. The largest absolute Gasteiger partial charge is 0.379 e. The summed E-state index contributed by atoms with van der Waals surface area (Å²) in [5.41, 5.74) is 0.973. The van der Waals surface area contributed by atoms with Gasteiger partial charge in [-0.05, 0) is 54.6 Å². The van der Waals surface area contributed by atoms with E-state index in [2.05, 4.69) is 10.6 Å². The predicted molar refractivity (Wildman–Crippen MR) is 121 cm³/mol. The molecule has 33 heavy (non-hydrogen) atoms. The lowest BCUT2D eigenvalue weighted by molar-refractivity contribution is -0.385. The molecule has 0 heterocycles. The molecule has 0 unspecified atom stereocenters. The smallest absolute Gasteiger partial charge is 0.339 e. The third-order valence-corrected chi connectivity index (χ3v) is 5.63. The van der Waals surface area contributed by atoms with Gasteiger partial charge in [-0.15, -0.1) is 0 Å². The van der Waals surface area contributed by atoms with Crippen LogP contribution in [0.5, 0.6) is 5.75 Å². The molecule has 10 nitrogen and oxygen atoms in total. The highest BCUT2D eigenvalue weighted by Crippen LogP contribution is 2.23. The molecule has 3 rings (SSSR count). The fourth-order valence-corrected chi connectivity index (χ4v) is 3.65. The summed E-state index contributed by atoms with van der Waals surface area (Å²) in [6.45, 7) is 1.74. The van der Waals surface area contributed by atoms with E-state index in [0.29, 0.717) is 17.8 Å². The Morgan fingerprint density at radius 2 is 1.55 bits per heavy atom. The molecule has 0 bridgehead atoms. The van der Waals surface area contributed by atoms with E-state index in [1.54, 1.807) is 31.2 Å². The number of amides is 2. The third kappa shape index (κ3) is 6.14. The van der Waals surface area contributed by atoms with Crippen LogP contribution in [0.4, 0.5) is 17.1 Å². The SMILES string of the molecule is CCC(=O)Nc1ccc(NC(=O)c2ccc(OS(=O)(=O)c3cccc([N+](=O)[O-])c3)cc2)cc1. The molecule has 0 aliphatic rings. The predicted octanol–water partition coefficient (Wildman–Crippen LogP) is 3.96. The van der Waals surface area contributed by atoms with Crippen molar-refractivity contribution in [1.82, 2.24) is 0 Å². The van der Waals surface area contributed by atoms with E-state index < -0.39 is 20.9 Å². The molecule has 170 valence electrons. The van der Waals surface area contributed by atoms with Crippen molar-refractivity contribution in [3.63, 3.8) is 0 Å². The topological polar surface area (TPSA) is 145 Å². The standard InChI is InChI=1S/C22H19N3O7S/c1-2-21(26)23-16-8-10-17(11-9-16)24-22(27)15-6-12-19(13-7-15)32-33(30,31)20-5-3-4-18(14-20)25(28)29/h3-14H,2H2,1H3,(H,23,26)(H,24,27). The molecule has 0 atom stereocenters. The van der Waals surface area contributed by atoms with Crippen molar-refractivity contribution < 1.29 is 27.1 Å². The van der Waals surface area contributed by atoms with Crippen LogP contribution in [0, 0.1) is 10.1 Å². The maximum absolute atomic E-state index is 12.4. The minimum atomic E-state index is -4.30. The van der Waals surface area contributed by atoms with Crippen LogP contribution in [0.15, 0.2) is 77.7 Å². The first-order valence-corrected chi connectivity index (χ1v) is 11.1. The van der Waals surface area contributed by atoms with E-state index in [0.717, 1.165) is 6.07 Å². The number of benzene rings is 3. The minimum Gasteiger partial charge on any atom is -0.379 e. The lowest BCUT2D eigenvalue weighted by Gasteiger charge is -2.09. The van der Waals surface area contributed by atoms with Crippen LogP contribution in [-0.2, 0) is 14.9 Å². The number of hydrogen-bond acceptors (Lipinski definition) is 7. The quantitative estimate of drug-likeness (QED) is 0.288. The van der Waals surface area contributed by atoms with Crippen LogP contribution in [-0.4, -0.2) is 25.2 Å². The highest BCUT2D eigenvalue weighted by molar-refractivity contribution is 7.87. The number of nitro benzene ring substituents is 1. The molecule has 11 heteroatoms. The average molecular weight is 469 g/mol. The molecule has 0 aliphatic heterocycles. The van der Waals surface area contributed by atoms with Crippen LogP contribution in [0.2, 0.25) is 0 Å². The summed E-state index contributed by atoms with van der Waals surface area (Å²) in [5, 5.41) is 16.2. The minimum absolute atomic E-state index is 0.0610. The molecule has 0 saturated carbocycles. The monoisotopic (exact) mass is 469 g/mol. The molecule has 3 aromatic carbocycles. The van der Waals surface area contributed by atoms with Crippen molar-refractivity contribution in [3.8, 4) is 5.75 Å². The van der Waals surface area contributed by atoms with Gasteiger partial charge in [0.1, 0.15) is 10.6 Å². The number of nitrogens with zero attached hydrogens (tertiary/aromatic N) is 1. The van der Waals surface area contributed by atoms with E-state index in [-0.39, 0.29) is 27.8 Å². The van der Waals surface area contributed by atoms with Crippen LogP contribution < -0.4 is 14.8 Å². The number of nitrogens with one attached hydrogen (secondary N) is 2. The Balaban J connectivity index is 1.66. The van der Waals surface area contributed by atoms with E-state index in [4.69, 9.17) is 4.18 Å². The summed E-state index contributed by atoms with van der Waals surface area (Å²) in [5.74, 6) is -0.621. The Labute approximate surface area is 189 Å². The first-order valence-electron chi connectivity index (χ1n) is 9.68. The van der Waals surface area contributed by atoms with Gasteiger partial charge < -0.3 is 14.8 Å². The maximum atomic E-state index is 12.4. The molecule has 0 saturated heterocycles. The molecule has 0 aromatic heterocycles. The Morgan fingerprint density at radius 1 is 0.939 bits per heavy atom. The van der Waals surface area contributed by atoms with Crippen molar-refractivity contribution in [2.24, 2.45) is 0 Å². The summed E-state index contributed by atoms with van der Waals surface area (Å²) in [7, 11) is -4.30. The third-order valence-electron chi connectivity index (χ3n) is 4.39.